The van der Waals surface area contributed by atoms with E-state index in [2.05, 4.69) is 10.6 Å². The maximum absolute atomic E-state index is 13.3. The Kier molecular flexibility index (Phi) is 7.57. The van der Waals surface area contributed by atoms with E-state index in [1.807, 2.05) is 13.0 Å². The number of nitro groups is 1. The molecule has 0 aromatic heterocycles. The lowest BCUT2D eigenvalue weighted by molar-refractivity contribution is -0.385. The van der Waals surface area contributed by atoms with Crippen LogP contribution in [-0.2, 0) is 17.5 Å². The fourth-order valence-corrected chi connectivity index (χ4v) is 4.15. The predicted molar refractivity (Wildman–Crippen MR) is 117 cm³/mol. The average molecular weight is 465 g/mol. The quantitative estimate of drug-likeness (QED) is 0.432. The fraction of sp³-hybridized carbons (Fsp3) is 0.435. The highest BCUT2D eigenvalue weighted by molar-refractivity contribution is 5.92. The minimum Gasteiger partial charge on any atom is -0.496 e. The number of methoxy groups -OCH3 is 1. The van der Waals surface area contributed by atoms with Gasteiger partial charge in [0.05, 0.1) is 23.2 Å². The van der Waals surface area contributed by atoms with Gasteiger partial charge in [-0.3, -0.25) is 14.9 Å². The first-order chi connectivity index (χ1) is 15.6. The highest BCUT2D eigenvalue weighted by Gasteiger charge is 2.36. The minimum absolute atomic E-state index is 0.114. The molecule has 178 valence electrons. The van der Waals surface area contributed by atoms with Crippen molar-refractivity contribution in [3.8, 4) is 5.75 Å². The van der Waals surface area contributed by atoms with Gasteiger partial charge in [-0.25, -0.2) is 0 Å². The van der Waals surface area contributed by atoms with Gasteiger partial charge in [-0.05, 0) is 50.3 Å². The van der Waals surface area contributed by atoms with E-state index in [-0.39, 0.29) is 30.0 Å². The normalized spacial score (nSPS) is 18.6. The van der Waals surface area contributed by atoms with Crippen LogP contribution in [-0.4, -0.2) is 24.0 Å². The van der Waals surface area contributed by atoms with Crippen molar-refractivity contribution < 1.29 is 27.6 Å². The second-order valence-corrected chi connectivity index (χ2v) is 8.16. The monoisotopic (exact) mass is 465 g/mol. The number of nitrogens with one attached hydrogen (secondary N) is 2. The molecule has 0 bridgehead atoms. The lowest BCUT2D eigenvalue weighted by atomic mass is 9.85. The van der Waals surface area contributed by atoms with E-state index in [1.54, 1.807) is 19.2 Å². The van der Waals surface area contributed by atoms with Gasteiger partial charge in [-0.2, -0.15) is 13.2 Å². The topological polar surface area (TPSA) is 93.5 Å². The molecule has 2 aromatic rings. The summed E-state index contributed by atoms with van der Waals surface area (Å²) in [5.41, 5.74) is -0.346. The van der Waals surface area contributed by atoms with Crippen LogP contribution in [0, 0.1) is 23.0 Å². The molecule has 3 rings (SSSR count). The van der Waals surface area contributed by atoms with Crippen molar-refractivity contribution in [1.82, 2.24) is 5.32 Å². The number of ether oxygens (including phenoxy) is 1. The lowest BCUT2D eigenvalue weighted by Gasteiger charge is -2.29. The third kappa shape index (κ3) is 6.01. The molecule has 1 amide bonds. The number of nitro benzene ring substituents is 1. The number of amides is 1. The van der Waals surface area contributed by atoms with Crippen LogP contribution in [0.2, 0.25) is 0 Å². The van der Waals surface area contributed by atoms with E-state index in [9.17, 15) is 28.1 Å². The summed E-state index contributed by atoms with van der Waals surface area (Å²) in [6, 6.07) is 8.25. The summed E-state index contributed by atoms with van der Waals surface area (Å²) in [5, 5.41) is 17.2. The van der Waals surface area contributed by atoms with Crippen molar-refractivity contribution >= 4 is 17.3 Å². The lowest BCUT2D eigenvalue weighted by Crippen LogP contribution is -2.36. The van der Waals surface area contributed by atoms with Gasteiger partial charge in [0.2, 0.25) is 5.91 Å². The van der Waals surface area contributed by atoms with Gasteiger partial charge in [0.15, 0.2) is 0 Å². The van der Waals surface area contributed by atoms with Crippen LogP contribution in [0.3, 0.4) is 0 Å². The van der Waals surface area contributed by atoms with Crippen molar-refractivity contribution in [1.29, 1.82) is 0 Å². The molecule has 33 heavy (non-hydrogen) atoms. The molecule has 0 atom stereocenters. The number of nitrogens with zero attached hydrogens (tertiary/aromatic N) is 1. The Balaban J connectivity index is 1.58. The van der Waals surface area contributed by atoms with Crippen molar-refractivity contribution in [3.63, 3.8) is 0 Å². The third-order valence-electron chi connectivity index (χ3n) is 5.99. The smallest absolute Gasteiger partial charge is 0.416 e. The van der Waals surface area contributed by atoms with Gasteiger partial charge < -0.3 is 15.4 Å². The molecular formula is C23H26F3N3O4. The molecule has 0 unspecified atom stereocenters. The van der Waals surface area contributed by atoms with Crippen molar-refractivity contribution in [3.05, 3.63) is 63.2 Å². The SMILES string of the molecule is COc1cc(NC(=O)C2CCC(NCc3c([N+](=O)[O-])cccc3C(F)(F)F)CC2)ccc1C. The molecule has 0 heterocycles. The summed E-state index contributed by atoms with van der Waals surface area (Å²) in [6.45, 7) is 1.64. The maximum Gasteiger partial charge on any atom is 0.416 e. The zero-order chi connectivity index (χ0) is 24.2. The van der Waals surface area contributed by atoms with Gasteiger partial charge in [-0.1, -0.05) is 12.1 Å². The molecule has 0 spiro atoms. The Labute approximate surface area is 189 Å². The molecule has 2 N–H and O–H groups in total. The molecular weight excluding hydrogens is 439 g/mol. The second-order valence-electron chi connectivity index (χ2n) is 8.16. The molecule has 2 aromatic carbocycles. The molecule has 1 fully saturated rings. The van der Waals surface area contributed by atoms with Crippen LogP contribution in [0.1, 0.15) is 42.4 Å². The van der Waals surface area contributed by atoms with E-state index in [0.717, 1.165) is 23.8 Å². The number of carbonyl (C=O) groups excluding carboxylic acids is 1. The van der Waals surface area contributed by atoms with Gasteiger partial charge >= 0.3 is 6.18 Å². The Morgan fingerprint density at radius 3 is 2.48 bits per heavy atom. The van der Waals surface area contributed by atoms with E-state index >= 15 is 0 Å². The Morgan fingerprint density at radius 1 is 1.18 bits per heavy atom. The number of halogens is 3. The number of alkyl halides is 3. The largest absolute Gasteiger partial charge is 0.496 e. The van der Waals surface area contributed by atoms with Crippen molar-refractivity contribution in [2.75, 3.05) is 12.4 Å². The molecule has 7 nitrogen and oxygen atoms in total. The fourth-order valence-electron chi connectivity index (χ4n) is 4.15. The first kappa shape index (κ1) is 24.5. The highest BCUT2D eigenvalue weighted by atomic mass is 19.4. The summed E-state index contributed by atoms with van der Waals surface area (Å²) in [6.07, 6.45) is -2.39. The van der Waals surface area contributed by atoms with Gasteiger partial charge in [0.25, 0.3) is 5.69 Å². The number of benzene rings is 2. The Hall–Kier alpha value is -3.14. The summed E-state index contributed by atoms with van der Waals surface area (Å²) in [5.74, 6) is 0.346. The van der Waals surface area contributed by atoms with Crippen LogP contribution in [0.15, 0.2) is 36.4 Å². The van der Waals surface area contributed by atoms with E-state index in [0.29, 0.717) is 37.1 Å². The highest BCUT2D eigenvalue weighted by Crippen LogP contribution is 2.36. The summed E-state index contributed by atoms with van der Waals surface area (Å²) < 4.78 is 45.3. The first-order valence-electron chi connectivity index (χ1n) is 10.6. The summed E-state index contributed by atoms with van der Waals surface area (Å²) in [7, 11) is 1.56. The minimum atomic E-state index is -4.68. The molecule has 1 aliphatic rings. The molecule has 0 radical (unpaired) electrons. The van der Waals surface area contributed by atoms with Gasteiger partial charge in [-0.15, -0.1) is 0 Å². The predicted octanol–water partition coefficient (Wildman–Crippen LogP) is 5.22. The molecule has 0 aliphatic heterocycles. The van der Waals surface area contributed by atoms with Crippen LogP contribution in [0.25, 0.3) is 0 Å². The van der Waals surface area contributed by atoms with Crippen LogP contribution in [0.5, 0.6) is 5.75 Å². The number of carbonyl (C=O) groups is 1. The summed E-state index contributed by atoms with van der Waals surface area (Å²) >= 11 is 0. The van der Waals surface area contributed by atoms with E-state index in [1.165, 1.54) is 0 Å². The Bertz CT molecular complexity index is 1020. The zero-order valence-electron chi connectivity index (χ0n) is 18.4. The van der Waals surface area contributed by atoms with Crippen LogP contribution >= 0.6 is 0 Å². The van der Waals surface area contributed by atoms with Crippen molar-refractivity contribution in [2.45, 2.75) is 51.4 Å². The third-order valence-corrected chi connectivity index (χ3v) is 5.99. The number of rotatable bonds is 7. The van der Waals surface area contributed by atoms with E-state index < -0.39 is 22.4 Å². The van der Waals surface area contributed by atoms with Crippen LogP contribution in [0.4, 0.5) is 24.5 Å². The molecule has 1 saturated carbocycles. The molecule has 0 saturated heterocycles. The molecule has 1 aliphatic carbocycles. The number of anilines is 1. The molecule has 10 heteroatoms. The zero-order valence-corrected chi connectivity index (χ0v) is 18.4. The van der Waals surface area contributed by atoms with E-state index in [4.69, 9.17) is 4.74 Å². The number of aryl methyl sites for hydroxylation is 1. The van der Waals surface area contributed by atoms with Crippen LogP contribution < -0.4 is 15.4 Å². The number of hydrogen-bond donors (Lipinski definition) is 2. The summed E-state index contributed by atoms with van der Waals surface area (Å²) in [4.78, 5) is 23.1. The second kappa shape index (κ2) is 10.2. The first-order valence-corrected chi connectivity index (χ1v) is 10.6. The standard InChI is InChI=1S/C23H26F3N3O4/c1-14-6-9-17(12-21(14)33-2)28-22(30)15-7-10-16(11-8-15)27-13-18-19(23(24,25)26)4-3-5-20(18)29(31)32/h3-6,9,12,15-16,27H,7-8,10-11,13H2,1-2H3,(H,28,30). The maximum atomic E-state index is 13.3. The van der Waals surface area contributed by atoms with Crippen molar-refractivity contribution in [2.24, 2.45) is 5.92 Å². The van der Waals surface area contributed by atoms with Gasteiger partial charge in [0.1, 0.15) is 5.75 Å². The average Bonchev–Trinajstić information content (AvgIpc) is 2.78. The number of hydrogen-bond acceptors (Lipinski definition) is 5. The van der Waals surface area contributed by atoms with Gasteiger partial charge in [0, 0.05) is 36.3 Å². The Morgan fingerprint density at radius 2 is 1.88 bits per heavy atom.